The number of carbonyl (C=O) groups is 1. The van der Waals surface area contributed by atoms with E-state index in [1.54, 1.807) is 11.8 Å². The predicted octanol–water partition coefficient (Wildman–Crippen LogP) is 3.14. The van der Waals surface area contributed by atoms with Crippen molar-refractivity contribution < 1.29 is 9.21 Å². The monoisotopic (exact) mass is 311 g/mol. The zero-order chi connectivity index (χ0) is 16.4. The average Bonchev–Trinajstić information content (AvgIpc) is 2.54. The van der Waals surface area contributed by atoms with Gasteiger partial charge in [0, 0.05) is 30.6 Å². The SMILES string of the molecule is Cc1cc(=O)cc(C(=O)N2CCC[C@](C)(c3ccccc3)C2)o1. The maximum absolute atomic E-state index is 12.7. The molecular weight excluding hydrogens is 290 g/mol. The molecule has 1 atom stereocenters. The van der Waals surface area contributed by atoms with Gasteiger partial charge in [-0.3, -0.25) is 9.59 Å². The molecule has 1 fully saturated rings. The molecule has 0 radical (unpaired) electrons. The average molecular weight is 311 g/mol. The lowest BCUT2D eigenvalue weighted by Crippen LogP contribution is -2.47. The molecule has 2 heterocycles. The molecule has 23 heavy (non-hydrogen) atoms. The fourth-order valence-electron chi connectivity index (χ4n) is 3.35. The van der Waals surface area contributed by atoms with Gasteiger partial charge in [-0.1, -0.05) is 37.3 Å². The molecule has 1 amide bonds. The molecule has 0 spiro atoms. The summed E-state index contributed by atoms with van der Waals surface area (Å²) in [5.41, 5.74) is 0.974. The third-order valence-corrected chi connectivity index (χ3v) is 4.55. The molecule has 1 aliphatic rings. The van der Waals surface area contributed by atoms with Gasteiger partial charge in [0.15, 0.2) is 11.2 Å². The third-order valence-electron chi connectivity index (χ3n) is 4.55. The van der Waals surface area contributed by atoms with Crippen LogP contribution < -0.4 is 5.43 Å². The van der Waals surface area contributed by atoms with Crippen molar-refractivity contribution in [1.82, 2.24) is 4.90 Å². The maximum Gasteiger partial charge on any atom is 0.289 e. The Morgan fingerprint density at radius 1 is 1.22 bits per heavy atom. The van der Waals surface area contributed by atoms with E-state index in [0.717, 1.165) is 12.8 Å². The zero-order valence-corrected chi connectivity index (χ0v) is 13.5. The molecule has 0 aliphatic carbocycles. The molecule has 0 N–H and O–H groups in total. The van der Waals surface area contributed by atoms with Crippen LogP contribution in [0.25, 0.3) is 0 Å². The van der Waals surface area contributed by atoms with Gasteiger partial charge in [0.2, 0.25) is 0 Å². The molecule has 4 nitrogen and oxygen atoms in total. The van der Waals surface area contributed by atoms with Crippen molar-refractivity contribution in [2.24, 2.45) is 0 Å². The zero-order valence-electron chi connectivity index (χ0n) is 13.5. The normalized spacial score (nSPS) is 21.2. The summed E-state index contributed by atoms with van der Waals surface area (Å²) in [4.78, 5) is 26.1. The minimum Gasteiger partial charge on any atom is -0.456 e. The lowest BCUT2D eigenvalue weighted by Gasteiger charge is -2.40. The van der Waals surface area contributed by atoms with Gasteiger partial charge in [-0.05, 0) is 25.3 Å². The second-order valence-electron chi connectivity index (χ2n) is 6.52. The van der Waals surface area contributed by atoms with Gasteiger partial charge in [-0.25, -0.2) is 0 Å². The molecule has 0 unspecified atom stereocenters. The second kappa shape index (κ2) is 6.03. The summed E-state index contributed by atoms with van der Waals surface area (Å²) in [5, 5.41) is 0. The summed E-state index contributed by atoms with van der Waals surface area (Å²) in [7, 11) is 0. The van der Waals surface area contributed by atoms with Crippen LogP contribution in [0, 0.1) is 6.92 Å². The van der Waals surface area contributed by atoms with E-state index in [2.05, 4.69) is 19.1 Å². The van der Waals surface area contributed by atoms with Crippen LogP contribution in [0.2, 0.25) is 0 Å². The van der Waals surface area contributed by atoms with Gasteiger partial charge in [0.1, 0.15) is 5.76 Å². The minimum atomic E-state index is -0.201. The Morgan fingerprint density at radius 2 is 1.96 bits per heavy atom. The first-order valence-corrected chi connectivity index (χ1v) is 7.95. The van der Waals surface area contributed by atoms with Gasteiger partial charge in [-0.15, -0.1) is 0 Å². The molecular formula is C19H21NO3. The summed E-state index contributed by atoms with van der Waals surface area (Å²) >= 11 is 0. The van der Waals surface area contributed by atoms with E-state index in [4.69, 9.17) is 4.42 Å². The first kappa shape index (κ1) is 15.5. The van der Waals surface area contributed by atoms with Gasteiger partial charge in [0.05, 0.1) is 0 Å². The van der Waals surface area contributed by atoms with Crippen LogP contribution in [-0.4, -0.2) is 23.9 Å². The van der Waals surface area contributed by atoms with E-state index in [1.807, 2.05) is 18.2 Å². The van der Waals surface area contributed by atoms with Crippen molar-refractivity contribution >= 4 is 5.91 Å². The number of amides is 1. The minimum absolute atomic E-state index is 0.0701. The van der Waals surface area contributed by atoms with E-state index >= 15 is 0 Å². The summed E-state index contributed by atoms with van der Waals surface area (Å²) in [6.07, 6.45) is 1.98. The van der Waals surface area contributed by atoms with E-state index in [9.17, 15) is 9.59 Å². The van der Waals surface area contributed by atoms with E-state index < -0.39 is 0 Å². The van der Waals surface area contributed by atoms with Crippen LogP contribution in [0.15, 0.2) is 51.7 Å². The fourth-order valence-corrected chi connectivity index (χ4v) is 3.35. The van der Waals surface area contributed by atoms with Gasteiger partial charge >= 0.3 is 0 Å². The Bertz CT molecular complexity index is 766. The highest BCUT2D eigenvalue weighted by Gasteiger charge is 2.35. The maximum atomic E-state index is 12.7. The Morgan fingerprint density at radius 3 is 2.65 bits per heavy atom. The molecule has 1 saturated heterocycles. The highest BCUT2D eigenvalue weighted by Crippen LogP contribution is 2.34. The molecule has 120 valence electrons. The Balaban J connectivity index is 1.86. The molecule has 1 aliphatic heterocycles. The molecule has 0 bridgehead atoms. The molecule has 1 aromatic carbocycles. The first-order chi connectivity index (χ1) is 11.0. The van der Waals surface area contributed by atoms with Crippen molar-refractivity contribution in [1.29, 1.82) is 0 Å². The summed E-state index contributed by atoms with van der Waals surface area (Å²) in [5.74, 6) is 0.392. The van der Waals surface area contributed by atoms with Crippen molar-refractivity contribution in [2.45, 2.75) is 32.1 Å². The van der Waals surface area contributed by atoms with Crippen molar-refractivity contribution in [3.05, 3.63) is 69.8 Å². The number of rotatable bonds is 2. The summed E-state index contributed by atoms with van der Waals surface area (Å²) in [6.45, 7) is 5.20. The number of benzene rings is 1. The fraction of sp³-hybridized carbons (Fsp3) is 0.368. The van der Waals surface area contributed by atoms with Gasteiger partial charge in [0.25, 0.3) is 5.91 Å². The van der Waals surface area contributed by atoms with Crippen molar-refractivity contribution in [2.75, 3.05) is 13.1 Å². The quantitative estimate of drug-likeness (QED) is 0.856. The highest BCUT2D eigenvalue weighted by molar-refractivity contribution is 5.91. The smallest absolute Gasteiger partial charge is 0.289 e. The number of nitrogens with zero attached hydrogens (tertiary/aromatic N) is 1. The number of hydrogen-bond acceptors (Lipinski definition) is 3. The van der Waals surface area contributed by atoms with Crippen LogP contribution in [0.1, 0.15) is 41.6 Å². The van der Waals surface area contributed by atoms with E-state index in [-0.39, 0.29) is 22.5 Å². The Kier molecular flexibility index (Phi) is 4.07. The molecule has 2 aromatic rings. The van der Waals surface area contributed by atoms with Gasteiger partial charge < -0.3 is 9.32 Å². The van der Waals surface area contributed by atoms with Crippen LogP contribution in [0.3, 0.4) is 0 Å². The number of aryl methyl sites for hydroxylation is 1. The topological polar surface area (TPSA) is 50.5 Å². The Hall–Kier alpha value is -2.36. The first-order valence-electron chi connectivity index (χ1n) is 7.95. The molecule has 0 saturated carbocycles. The standard InChI is InChI=1S/C19H21NO3/c1-14-11-16(21)12-17(23-14)18(22)20-10-6-9-19(2,13-20)15-7-4-3-5-8-15/h3-5,7-8,11-12H,6,9-10,13H2,1-2H3/t19-/m0/s1. The number of piperidine rings is 1. The van der Waals surface area contributed by atoms with Crippen LogP contribution in [0.4, 0.5) is 0 Å². The summed E-state index contributed by atoms with van der Waals surface area (Å²) in [6, 6.07) is 13.0. The largest absolute Gasteiger partial charge is 0.456 e. The van der Waals surface area contributed by atoms with Crippen molar-refractivity contribution in [3.63, 3.8) is 0 Å². The predicted molar refractivity (Wildman–Crippen MR) is 88.6 cm³/mol. The van der Waals surface area contributed by atoms with Crippen molar-refractivity contribution in [3.8, 4) is 0 Å². The summed E-state index contributed by atoms with van der Waals surface area (Å²) < 4.78 is 5.46. The second-order valence-corrected chi connectivity index (χ2v) is 6.52. The molecule has 1 aromatic heterocycles. The van der Waals surface area contributed by atoms with E-state index in [1.165, 1.54) is 17.7 Å². The van der Waals surface area contributed by atoms with Crippen LogP contribution in [0.5, 0.6) is 0 Å². The van der Waals surface area contributed by atoms with Gasteiger partial charge in [-0.2, -0.15) is 0 Å². The Labute approximate surface area is 135 Å². The number of carbonyl (C=O) groups excluding carboxylic acids is 1. The third kappa shape index (κ3) is 3.21. The lowest BCUT2D eigenvalue weighted by atomic mass is 9.76. The molecule has 3 rings (SSSR count). The molecule has 4 heteroatoms. The lowest BCUT2D eigenvalue weighted by molar-refractivity contribution is 0.0614. The van der Waals surface area contributed by atoms with Crippen LogP contribution >= 0.6 is 0 Å². The van der Waals surface area contributed by atoms with Crippen LogP contribution in [-0.2, 0) is 5.41 Å². The van der Waals surface area contributed by atoms with E-state index in [0.29, 0.717) is 18.8 Å². The number of hydrogen-bond donors (Lipinski definition) is 0. The number of likely N-dealkylation sites (tertiary alicyclic amines) is 1. The highest BCUT2D eigenvalue weighted by atomic mass is 16.3.